The van der Waals surface area contributed by atoms with Crippen molar-refractivity contribution in [2.45, 2.75) is 32.7 Å². The number of piperidine rings is 1. The molecule has 1 N–H and O–H groups in total. The monoisotopic (exact) mass is 360 g/mol. The van der Waals surface area contributed by atoms with Crippen LogP contribution in [0.3, 0.4) is 0 Å². The number of carbonyl (C=O) groups excluding carboxylic acids is 2. The molecule has 2 aromatic rings. The molecular weight excluding hydrogens is 339 g/mol. The van der Waals surface area contributed by atoms with Crippen molar-refractivity contribution in [2.75, 3.05) is 13.1 Å². The van der Waals surface area contributed by atoms with Crippen LogP contribution >= 0.6 is 11.3 Å². The third-order valence-corrected chi connectivity index (χ3v) is 5.70. The van der Waals surface area contributed by atoms with Gasteiger partial charge in [0, 0.05) is 30.9 Å². The number of rotatable bonds is 3. The molecule has 4 nitrogen and oxygen atoms in total. The molecule has 1 saturated heterocycles. The van der Waals surface area contributed by atoms with Crippen molar-refractivity contribution in [3.05, 3.63) is 46.6 Å². The summed E-state index contributed by atoms with van der Waals surface area (Å²) >= 11 is 1.45. The van der Waals surface area contributed by atoms with Crippen molar-refractivity contribution >= 4 is 23.2 Å². The van der Waals surface area contributed by atoms with Crippen LogP contribution in [0, 0.1) is 12.7 Å². The van der Waals surface area contributed by atoms with E-state index in [1.54, 1.807) is 12.1 Å². The van der Waals surface area contributed by atoms with Gasteiger partial charge in [-0.25, -0.2) is 4.39 Å². The molecule has 0 atom stereocenters. The summed E-state index contributed by atoms with van der Waals surface area (Å²) in [5.41, 5.74) is 1.94. The Kier molecular flexibility index (Phi) is 5.18. The number of nitrogens with one attached hydrogen (secondary N) is 1. The van der Waals surface area contributed by atoms with E-state index in [-0.39, 0.29) is 23.7 Å². The summed E-state index contributed by atoms with van der Waals surface area (Å²) in [7, 11) is 0. The number of carbonyl (C=O) groups is 2. The van der Waals surface area contributed by atoms with Gasteiger partial charge in [0.1, 0.15) is 5.82 Å². The molecular formula is C19H21FN2O2S. The summed E-state index contributed by atoms with van der Waals surface area (Å²) in [6.45, 7) is 4.77. The van der Waals surface area contributed by atoms with Gasteiger partial charge in [0.05, 0.1) is 4.88 Å². The molecule has 0 radical (unpaired) electrons. The first-order chi connectivity index (χ1) is 11.9. The van der Waals surface area contributed by atoms with E-state index in [0.29, 0.717) is 18.0 Å². The number of halogens is 1. The Labute approximate surface area is 150 Å². The highest BCUT2D eigenvalue weighted by molar-refractivity contribution is 7.17. The minimum atomic E-state index is -0.267. The summed E-state index contributed by atoms with van der Waals surface area (Å²) in [6, 6.07) is 8.40. The first-order valence-corrected chi connectivity index (χ1v) is 9.18. The van der Waals surface area contributed by atoms with E-state index in [9.17, 15) is 14.0 Å². The van der Waals surface area contributed by atoms with Crippen LogP contribution < -0.4 is 5.32 Å². The van der Waals surface area contributed by atoms with Gasteiger partial charge < -0.3 is 10.2 Å². The number of thiophene rings is 1. The average molecular weight is 360 g/mol. The van der Waals surface area contributed by atoms with Gasteiger partial charge in [0.2, 0.25) is 5.91 Å². The molecule has 0 unspecified atom stereocenters. The molecule has 0 aliphatic carbocycles. The van der Waals surface area contributed by atoms with Crippen molar-refractivity contribution in [3.63, 3.8) is 0 Å². The van der Waals surface area contributed by atoms with Gasteiger partial charge in [-0.1, -0.05) is 12.1 Å². The zero-order valence-electron chi connectivity index (χ0n) is 14.3. The Bertz CT molecular complexity index is 777. The highest BCUT2D eigenvalue weighted by atomic mass is 32.1. The topological polar surface area (TPSA) is 49.4 Å². The fourth-order valence-corrected chi connectivity index (χ4v) is 4.29. The van der Waals surface area contributed by atoms with E-state index < -0.39 is 0 Å². The molecule has 2 amide bonds. The van der Waals surface area contributed by atoms with Crippen LogP contribution in [0.5, 0.6) is 0 Å². The number of amides is 2. The molecule has 1 aliphatic heterocycles. The minimum Gasteiger partial charge on any atom is -0.353 e. The number of benzene rings is 1. The summed E-state index contributed by atoms with van der Waals surface area (Å²) in [5.74, 6) is -0.262. The van der Waals surface area contributed by atoms with Crippen LogP contribution in [-0.4, -0.2) is 35.8 Å². The fourth-order valence-electron chi connectivity index (χ4n) is 3.15. The van der Waals surface area contributed by atoms with Crippen molar-refractivity contribution in [2.24, 2.45) is 0 Å². The molecule has 0 bridgehead atoms. The van der Waals surface area contributed by atoms with Crippen molar-refractivity contribution in [1.29, 1.82) is 0 Å². The lowest BCUT2D eigenvalue weighted by Gasteiger charge is -2.31. The lowest BCUT2D eigenvalue weighted by molar-refractivity contribution is -0.119. The Morgan fingerprint density at radius 1 is 1.20 bits per heavy atom. The zero-order valence-corrected chi connectivity index (χ0v) is 15.2. The van der Waals surface area contributed by atoms with Crippen molar-refractivity contribution < 1.29 is 14.0 Å². The van der Waals surface area contributed by atoms with Crippen LogP contribution in [0.25, 0.3) is 10.4 Å². The van der Waals surface area contributed by atoms with E-state index in [4.69, 9.17) is 0 Å². The summed E-state index contributed by atoms with van der Waals surface area (Å²) in [4.78, 5) is 27.4. The van der Waals surface area contributed by atoms with E-state index in [1.807, 2.05) is 17.9 Å². The van der Waals surface area contributed by atoms with Gasteiger partial charge in [0.15, 0.2) is 0 Å². The second-order valence-corrected chi connectivity index (χ2v) is 7.45. The second-order valence-electron chi connectivity index (χ2n) is 6.40. The van der Waals surface area contributed by atoms with Crippen LogP contribution in [-0.2, 0) is 4.79 Å². The number of hydrogen-bond acceptors (Lipinski definition) is 3. The molecule has 0 spiro atoms. The Morgan fingerprint density at radius 2 is 1.84 bits per heavy atom. The van der Waals surface area contributed by atoms with Gasteiger partial charge in [-0.15, -0.1) is 11.3 Å². The van der Waals surface area contributed by atoms with Gasteiger partial charge in [-0.2, -0.15) is 0 Å². The van der Waals surface area contributed by atoms with Crippen LogP contribution in [0.1, 0.15) is 35.0 Å². The third-order valence-electron chi connectivity index (χ3n) is 4.42. The normalized spacial score (nSPS) is 15.2. The second kappa shape index (κ2) is 7.35. The minimum absolute atomic E-state index is 0.0254. The van der Waals surface area contributed by atoms with E-state index in [0.717, 1.165) is 28.8 Å². The standard InChI is InChI=1S/C19H21FN2O2S/c1-12-11-17(25-18(12)14-3-5-15(20)6-4-14)19(24)22-9-7-16(8-10-22)21-13(2)23/h3-6,11,16H,7-10H2,1-2H3,(H,21,23). The highest BCUT2D eigenvalue weighted by Gasteiger charge is 2.25. The van der Waals surface area contributed by atoms with Crippen LogP contribution in [0.2, 0.25) is 0 Å². The van der Waals surface area contributed by atoms with Crippen LogP contribution in [0.15, 0.2) is 30.3 Å². The maximum absolute atomic E-state index is 13.1. The average Bonchev–Trinajstić information content (AvgIpc) is 2.97. The smallest absolute Gasteiger partial charge is 0.263 e. The van der Waals surface area contributed by atoms with Gasteiger partial charge in [-0.05, 0) is 49.1 Å². The van der Waals surface area contributed by atoms with Gasteiger partial charge in [0.25, 0.3) is 5.91 Å². The Hall–Kier alpha value is -2.21. The van der Waals surface area contributed by atoms with E-state index >= 15 is 0 Å². The predicted molar refractivity (Wildman–Crippen MR) is 97.2 cm³/mol. The number of likely N-dealkylation sites (tertiary alicyclic amines) is 1. The third kappa shape index (κ3) is 4.07. The number of aryl methyl sites for hydroxylation is 1. The molecule has 3 rings (SSSR count). The Morgan fingerprint density at radius 3 is 2.44 bits per heavy atom. The maximum atomic E-state index is 13.1. The predicted octanol–water partition coefficient (Wildman–Crippen LogP) is 3.60. The first kappa shape index (κ1) is 17.6. The quantitative estimate of drug-likeness (QED) is 0.909. The molecule has 25 heavy (non-hydrogen) atoms. The molecule has 2 heterocycles. The number of nitrogens with zero attached hydrogens (tertiary/aromatic N) is 1. The maximum Gasteiger partial charge on any atom is 0.263 e. The molecule has 1 aromatic carbocycles. The lowest BCUT2D eigenvalue weighted by Crippen LogP contribution is -2.45. The molecule has 1 aliphatic rings. The molecule has 6 heteroatoms. The first-order valence-electron chi connectivity index (χ1n) is 8.37. The molecule has 1 aromatic heterocycles. The lowest BCUT2D eigenvalue weighted by atomic mass is 10.0. The molecule has 0 saturated carbocycles. The van der Waals surface area contributed by atoms with E-state index in [1.165, 1.54) is 30.4 Å². The molecule has 1 fully saturated rings. The van der Waals surface area contributed by atoms with Gasteiger partial charge in [-0.3, -0.25) is 9.59 Å². The number of hydrogen-bond donors (Lipinski definition) is 1. The molecule has 132 valence electrons. The van der Waals surface area contributed by atoms with Crippen LogP contribution in [0.4, 0.5) is 4.39 Å². The SMILES string of the molecule is CC(=O)NC1CCN(C(=O)c2cc(C)c(-c3ccc(F)cc3)s2)CC1. The highest BCUT2D eigenvalue weighted by Crippen LogP contribution is 2.33. The van der Waals surface area contributed by atoms with Gasteiger partial charge >= 0.3 is 0 Å². The van der Waals surface area contributed by atoms with E-state index in [2.05, 4.69) is 5.32 Å². The summed E-state index contributed by atoms with van der Waals surface area (Å²) < 4.78 is 13.1. The largest absolute Gasteiger partial charge is 0.353 e. The van der Waals surface area contributed by atoms with Crippen molar-refractivity contribution in [3.8, 4) is 10.4 Å². The fraction of sp³-hybridized carbons (Fsp3) is 0.368. The zero-order chi connectivity index (χ0) is 18.0. The Balaban J connectivity index is 1.70. The summed E-state index contributed by atoms with van der Waals surface area (Å²) in [6.07, 6.45) is 1.56. The van der Waals surface area contributed by atoms with Crippen molar-refractivity contribution in [1.82, 2.24) is 10.2 Å². The summed E-state index contributed by atoms with van der Waals surface area (Å²) in [5, 5.41) is 2.92.